The number of likely N-dealkylation sites (tertiary alicyclic amines) is 1. The van der Waals surface area contributed by atoms with Gasteiger partial charge in [0, 0.05) is 31.8 Å². The minimum atomic E-state index is -0.852. The van der Waals surface area contributed by atoms with Gasteiger partial charge in [-0.15, -0.1) is 0 Å². The van der Waals surface area contributed by atoms with E-state index in [-0.39, 0.29) is 5.91 Å². The van der Waals surface area contributed by atoms with Crippen LogP contribution in [0.2, 0.25) is 0 Å². The van der Waals surface area contributed by atoms with Gasteiger partial charge in [-0.2, -0.15) is 5.10 Å². The first-order valence-corrected chi connectivity index (χ1v) is 8.61. The van der Waals surface area contributed by atoms with Gasteiger partial charge in [0.25, 0.3) is 0 Å². The number of aryl methyl sites for hydroxylation is 2. The summed E-state index contributed by atoms with van der Waals surface area (Å²) >= 11 is 0. The van der Waals surface area contributed by atoms with Crippen LogP contribution in [0.25, 0.3) is 0 Å². The molecule has 3 rings (SSSR count). The van der Waals surface area contributed by atoms with E-state index in [1.165, 1.54) is 5.56 Å². The molecule has 132 valence electrons. The maximum Gasteiger partial charge on any atom is 0.308 e. The number of carbonyl (C=O) groups excluding carboxylic acids is 1. The lowest BCUT2D eigenvalue weighted by molar-refractivity contribution is -0.152. The minimum absolute atomic E-state index is 0.0272. The number of aliphatic carboxylic acids is 1. The average molecular weight is 341 g/mol. The summed E-state index contributed by atoms with van der Waals surface area (Å²) in [7, 11) is 1.80. The zero-order valence-corrected chi connectivity index (χ0v) is 14.3. The summed E-state index contributed by atoms with van der Waals surface area (Å²) in [4.78, 5) is 26.0. The van der Waals surface area contributed by atoms with Crippen molar-refractivity contribution >= 4 is 11.9 Å². The van der Waals surface area contributed by atoms with Crippen LogP contribution in [0, 0.1) is 5.92 Å². The van der Waals surface area contributed by atoms with Crippen LogP contribution in [0.1, 0.15) is 36.4 Å². The van der Waals surface area contributed by atoms with Crippen LogP contribution >= 0.6 is 0 Å². The number of hydrogen-bond donors (Lipinski definition) is 1. The third kappa shape index (κ3) is 3.90. The van der Waals surface area contributed by atoms with Crippen LogP contribution in [0.4, 0.5) is 0 Å². The van der Waals surface area contributed by atoms with E-state index in [9.17, 15) is 14.7 Å². The van der Waals surface area contributed by atoms with Crippen LogP contribution in [0.3, 0.4) is 0 Å². The number of nitrogens with zero attached hydrogens (tertiary/aromatic N) is 3. The van der Waals surface area contributed by atoms with Crippen molar-refractivity contribution in [2.45, 2.75) is 31.7 Å². The van der Waals surface area contributed by atoms with Crippen molar-refractivity contribution < 1.29 is 14.7 Å². The molecule has 1 fully saturated rings. The molecule has 1 aliphatic rings. The fourth-order valence-corrected chi connectivity index (χ4v) is 3.58. The summed E-state index contributed by atoms with van der Waals surface area (Å²) < 4.78 is 1.65. The predicted molar refractivity (Wildman–Crippen MR) is 92.8 cm³/mol. The first-order chi connectivity index (χ1) is 12.1. The molecule has 1 amide bonds. The van der Waals surface area contributed by atoms with Crippen molar-refractivity contribution in [3.05, 3.63) is 53.9 Å². The molecule has 1 saturated heterocycles. The van der Waals surface area contributed by atoms with Gasteiger partial charge in [0.05, 0.1) is 18.2 Å². The van der Waals surface area contributed by atoms with Gasteiger partial charge >= 0.3 is 5.97 Å². The fraction of sp³-hybridized carbons (Fsp3) is 0.421. The standard InChI is InChI=1S/C19H23N3O3/c1-21-13-15(12-20-21)18-16(19(24)25)9-10-17(23)22(18)11-5-8-14-6-3-2-4-7-14/h2-4,6-7,12-13,16,18H,5,8-11H2,1H3,(H,24,25)/t16-,18-/m1/s1. The number of aromatic nitrogens is 2. The molecule has 0 bridgehead atoms. The minimum Gasteiger partial charge on any atom is -0.481 e. The first kappa shape index (κ1) is 17.2. The van der Waals surface area contributed by atoms with E-state index in [0.717, 1.165) is 18.4 Å². The monoisotopic (exact) mass is 341 g/mol. The maximum atomic E-state index is 12.5. The second kappa shape index (κ2) is 7.51. The molecule has 1 N–H and O–H groups in total. The Morgan fingerprint density at radius 2 is 2.08 bits per heavy atom. The fourth-order valence-electron chi connectivity index (χ4n) is 3.58. The molecule has 2 heterocycles. The van der Waals surface area contributed by atoms with Crippen molar-refractivity contribution in [2.24, 2.45) is 13.0 Å². The topological polar surface area (TPSA) is 75.4 Å². The Morgan fingerprint density at radius 3 is 2.72 bits per heavy atom. The Morgan fingerprint density at radius 1 is 1.32 bits per heavy atom. The second-order valence-electron chi connectivity index (χ2n) is 6.55. The molecular weight excluding hydrogens is 318 g/mol. The quantitative estimate of drug-likeness (QED) is 0.875. The molecule has 25 heavy (non-hydrogen) atoms. The van der Waals surface area contributed by atoms with Gasteiger partial charge in [-0.1, -0.05) is 30.3 Å². The van der Waals surface area contributed by atoms with Crippen molar-refractivity contribution in [3.8, 4) is 0 Å². The van der Waals surface area contributed by atoms with Crippen LogP contribution in [-0.2, 0) is 23.1 Å². The van der Waals surface area contributed by atoms with Crippen molar-refractivity contribution in [3.63, 3.8) is 0 Å². The molecule has 1 aromatic carbocycles. The highest BCUT2D eigenvalue weighted by Crippen LogP contribution is 2.36. The third-order valence-corrected chi connectivity index (χ3v) is 4.80. The van der Waals surface area contributed by atoms with E-state index in [0.29, 0.717) is 19.4 Å². The molecule has 1 aromatic heterocycles. The molecule has 6 heteroatoms. The number of hydrogen-bond acceptors (Lipinski definition) is 3. The normalized spacial score (nSPS) is 20.7. The summed E-state index contributed by atoms with van der Waals surface area (Å²) in [5, 5.41) is 13.8. The molecule has 0 aliphatic carbocycles. The number of carboxylic acids is 1. The summed E-state index contributed by atoms with van der Waals surface area (Å²) in [6, 6.07) is 9.67. The van der Waals surface area contributed by atoms with Gasteiger partial charge in [-0.25, -0.2) is 0 Å². The molecular formula is C19H23N3O3. The Labute approximate surface area is 147 Å². The Bertz CT molecular complexity index is 741. The molecule has 0 unspecified atom stereocenters. The predicted octanol–water partition coefficient (Wildman–Crippen LogP) is 2.42. The second-order valence-corrected chi connectivity index (χ2v) is 6.55. The first-order valence-electron chi connectivity index (χ1n) is 8.61. The van der Waals surface area contributed by atoms with Gasteiger partial charge in [-0.05, 0) is 24.8 Å². The molecule has 6 nitrogen and oxygen atoms in total. The lowest BCUT2D eigenvalue weighted by Crippen LogP contribution is -2.45. The van der Waals surface area contributed by atoms with E-state index < -0.39 is 17.9 Å². The number of piperidine rings is 1. The van der Waals surface area contributed by atoms with Gasteiger partial charge < -0.3 is 10.0 Å². The number of rotatable bonds is 6. The van der Waals surface area contributed by atoms with Gasteiger partial charge in [0.15, 0.2) is 0 Å². The van der Waals surface area contributed by atoms with Gasteiger partial charge in [0.1, 0.15) is 0 Å². The molecule has 1 aliphatic heterocycles. The highest BCUT2D eigenvalue weighted by molar-refractivity contribution is 5.81. The van der Waals surface area contributed by atoms with Crippen LogP contribution in [-0.4, -0.2) is 38.2 Å². The van der Waals surface area contributed by atoms with Crippen molar-refractivity contribution in [1.82, 2.24) is 14.7 Å². The average Bonchev–Trinajstić information content (AvgIpc) is 3.03. The SMILES string of the molecule is Cn1cc([C@@H]2[C@H](C(=O)O)CCC(=O)N2CCCc2ccccc2)cn1. The molecule has 2 aromatic rings. The smallest absolute Gasteiger partial charge is 0.308 e. The summed E-state index contributed by atoms with van der Waals surface area (Å²) in [6.45, 7) is 0.553. The molecule has 2 atom stereocenters. The van der Waals surface area contributed by atoms with Crippen molar-refractivity contribution in [2.75, 3.05) is 6.54 Å². The maximum absolute atomic E-state index is 12.5. The van der Waals surface area contributed by atoms with E-state index in [4.69, 9.17) is 0 Å². The Kier molecular flexibility index (Phi) is 5.16. The largest absolute Gasteiger partial charge is 0.481 e. The van der Waals surface area contributed by atoms with E-state index in [1.54, 1.807) is 22.8 Å². The van der Waals surface area contributed by atoms with Crippen LogP contribution in [0.5, 0.6) is 0 Å². The highest BCUT2D eigenvalue weighted by atomic mass is 16.4. The lowest BCUT2D eigenvalue weighted by atomic mass is 9.85. The summed E-state index contributed by atoms with van der Waals surface area (Å²) in [5.74, 6) is -1.41. The molecule has 0 spiro atoms. The Hall–Kier alpha value is -2.63. The van der Waals surface area contributed by atoms with E-state index in [1.807, 2.05) is 24.4 Å². The number of benzene rings is 1. The van der Waals surface area contributed by atoms with Crippen LogP contribution in [0.15, 0.2) is 42.7 Å². The number of carboxylic acid groups (broad SMARTS) is 1. The zero-order chi connectivity index (χ0) is 17.8. The number of carbonyl (C=O) groups is 2. The molecule has 0 radical (unpaired) electrons. The highest BCUT2D eigenvalue weighted by Gasteiger charge is 2.40. The van der Waals surface area contributed by atoms with E-state index >= 15 is 0 Å². The van der Waals surface area contributed by atoms with Crippen molar-refractivity contribution in [1.29, 1.82) is 0 Å². The van der Waals surface area contributed by atoms with Gasteiger partial charge in [0.2, 0.25) is 5.91 Å². The summed E-state index contributed by atoms with van der Waals surface area (Å²) in [5.41, 5.74) is 2.02. The van der Waals surface area contributed by atoms with Crippen LogP contribution < -0.4 is 0 Å². The van der Waals surface area contributed by atoms with E-state index in [2.05, 4.69) is 17.2 Å². The lowest BCUT2D eigenvalue weighted by Gasteiger charge is -2.39. The molecule has 0 saturated carbocycles. The summed E-state index contributed by atoms with van der Waals surface area (Å²) in [6.07, 6.45) is 5.82. The Balaban J connectivity index is 1.77. The van der Waals surface area contributed by atoms with Gasteiger partial charge in [-0.3, -0.25) is 14.3 Å². The zero-order valence-electron chi connectivity index (χ0n) is 14.3. The third-order valence-electron chi connectivity index (χ3n) is 4.80. The number of amides is 1.